The lowest BCUT2D eigenvalue weighted by Crippen LogP contribution is -2.12. The van der Waals surface area contributed by atoms with E-state index >= 15 is 0 Å². The number of nitrogens with zero attached hydrogens (tertiary/aromatic N) is 4. The summed E-state index contributed by atoms with van der Waals surface area (Å²) in [5.41, 5.74) is 3.06. The van der Waals surface area contributed by atoms with Crippen molar-refractivity contribution in [3.8, 4) is 6.07 Å². The summed E-state index contributed by atoms with van der Waals surface area (Å²) >= 11 is 0. The molecule has 2 heterocycles. The molecule has 14 heavy (non-hydrogen) atoms. The number of hydrogen-bond donors (Lipinski definition) is 0. The summed E-state index contributed by atoms with van der Waals surface area (Å²) in [6.07, 6.45) is 2.45. The highest BCUT2D eigenvalue weighted by Gasteiger charge is 2.33. The molecule has 0 radical (unpaired) electrons. The first kappa shape index (κ1) is 8.01. The Hall–Kier alpha value is -1.34. The minimum Gasteiger partial charge on any atom is -0.296 e. The van der Waals surface area contributed by atoms with Gasteiger partial charge in [0.2, 0.25) is 0 Å². The predicted molar refractivity (Wildman–Crippen MR) is 50.4 cm³/mol. The molecule has 1 aliphatic heterocycles. The second-order valence-electron chi connectivity index (χ2n) is 4.23. The summed E-state index contributed by atoms with van der Waals surface area (Å²) < 4.78 is 2.08. The summed E-state index contributed by atoms with van der Waals surface area (Å²) in [4.78, 5) is 2.23. The highest BCUT2D eigenvalue weighted by Crippen LogP contribution is 2.38. The molecular weight excluding hydrogens is 176 g/mol. The Morgan fingerprint density at radius 1 is 1.43 bits per heavy atom. The van der Waals surface area contributed by atoms with Gasteiger partial charge in [0.15, 0.2) is 5.69 Å². The molecule has 3 rings (SSSR count). The van der Waals surface area contributed by atoms with Gasteiger partial charge in [-0.25, -0.2) is 0 Å². The topological polar surface area (TPSA) is 44.9 Å². The van der Waals surface area contributed by atoms with Crippen LogP contribution in [0.2, 0.25) is 0 Å². The maximum absolute atomic E-state index is 8.96. The van der Waals surface area contributed by atoms with Gasteiger partial charge >= 0.3 is 0 Å². The number of rotatable bonds is 1. The van der Waals surface area contributed by atoms with Gasteiger partial charge < -0.3 is 0 Å². The Kier molecular flexibility index (Phi) is 1.48. The van der Waals surface area contributed by atoms with E-state index in [1.807, 2.05) is 0 Å². The lowest BCUT2D eigenvalue weighted by molar-refractivity contribution is 0.341. The first-order chi connectivity index (χ1) is 6.79. The zero-order chi connectivity index (χ0) is 9.71. The van der Waals surface area contributed by atoms with Crippen molar-refractivity contribution in [2.45, 2.75) is 32.0 Å². The van der Waals surface area contributed by atoms with Crippen LogP contribution in [0.4, 0.5) is 0 Å². The smallest absolute Gasteiger partial charge is 0.167 e. The normalized spacial score (nSPS) is 20.9. The van der Waals surface area contributed by atoms with Gasteiger partial charge in [-0.3, -0.25) is 9.58 Å². The number of hydrogen-bond acceptors (Lipinski definition) is 3. The van der Waals surface area contributed by atoms with Crippen molar-refractivity contribution in [1.29, 1.82) is 5.26 Å². The van der Waals surface area contributed by atoms with E-state index in [1.54, 1.807) is 0 Å². The monoisotopic (exact) mass is 188 g/mol. The van der Waals surface area contributed by atoms with Crippen LogP contribution in [0, 0.1) is 11.3 Å². The van der Waals surface area contributed by atoms with Crippen molar-refractivity contribution in [3.05, 3.63) is 17.0 Å². The molecule has 1 fully saturated rings. The molecule has 2 aliphatic rings. The molecule has 1 aromatic rings. The van der Waals surface area contributed by atoms with Crippen LogP contribution < -0.4 is 0 Å². The molecule has 0 atom stereocenters. The molecule has 0 saturated heterocycles. The largest absolute Gasteiger partial charge is 0.296 e. The molecule has 0 amide bonds. The Morgan fingerprint density at radius 2 is 2.21 bits per heavy atom. The fourth-order valence-corrected chi connectivity index (χ4v) is 2.13. The van der Waals surface area contributed by atoms with Crippen LogP contribution in [-0.4, -0.2) is 21.7 Å². The highest BCUT2D eigenvalue weighted by atomic mass is 15.3. The summed E-state index contributed by atoms with van der Waals surface area (Å²) in [6.45, 7) is 1.82. The van der Waals surface area contributed by atoms with E-state index in [4.69, 9.17) is 5.26 Å². The first-order valence-electron chi connectivity index (χ1n) is 4.98. The van der Waals surface area contributed by atoms with Gasteiger partial charge in [0.1, 0.15) is 6.07 Å². The van der Waals surface area contributed by atoms with E-state index in [0.717, 1.165) is 18.7 Å². The molecule has 0 N–H and O–H groups in total. The van der Waals surface area contributed by atoms with Gasteiger partial charge in [-0.15, -0.1) is 0 Å². The van der Waals surface area contributed by atoms with Gasteiger partial charge in [0.05, 0.1) is 11.7 Å². The maximum atomic E-state index is 8.96. The summed E-state index contributed by atoms with van der Waals surface area (Å²) in [5.74, 6) is 0. The SMILES string of the molecule is CN1Cc2c(C#N)nn(C3CC3)c2C1. The first-order valence-corrected chi connectivity index (χ1v) is 4.98. The van der Waals surface area contributed by atoms with Crippen molar-refractivity contribution < 1.29 is 0 Å². The van der Waals surface area contributed by atoms with E-state index < -0.39 is 0 Å². The number of aromatic nitrogens is 2. The Bertz CT molecular complexity index is 422. The van der Waals surface area contributed by atoms with Crippen LogP contribution in [0.25, 0.3) is 0 Å². The van der Waals surface area contributed by atoms with E-state index in [2.05, 4.69) is 27.8 Å². The van der Waals surface area contributed by atoms with Crippen LogP contribution in [0.1, 0.15) is 35.8 Å². The maximum Gasteiger partial charge on any atom is 0.167 e. The minimum absolute atomic E-state index is 0.581. The Balaban J connectivity index is 2.11. The van der Waals surface area contributed by atoms with Crippen LogP contribution in [0.5, 0.6) is 0 Å². The van der Waals surface area contributed by atoms with Gasteiger partial charge in [-0.1, -0.05) is 0 Å². The number of nitriles is 1. The van der Waals surface area contributed by atoms with E-state index in [0.29, 0.717) is 11.7 Å². The Morgan fingerprint density at radius 3 is 2.86 bits per heavy atom. The zero-order valence-electron chi connectivity index (χ0n) is 8.19. The lowest BCUT2D eigenvalue weighted by Gasteiger charge is -2.07. The highest BCUT2D eigenvalue weighted by molar-refractivity contribution is 5.38. The molecule has 0 spiro atoms. The predicted octanol–water partition coefficient (Wildman–Crippen LogP) is 1.04. The quantitative estimate of drug-likeness (QED) is 0.661. The Labute approximate surface area is 82.7 Å². The van der Waals surface area contributed by atoms with E-state index in [9.17, 15) is 0 Å². The fraction of sp³-hybridized carbons (Fsp3) is 0.600. The van der Waals surface area contributed by atoms with Crippen molar-refractivity contribution >= 4 is 0 Å². The zero-order valence-corrected chi connectivity index (χ0v) is 8.19. The molecule has 0 aromatic carbocycles. The standard InChI is InChI=1S/C10H12N4/c1-13-5-8-9(4-11)12-14(7-2-3-7)10(8)6-13/h7H,2-3,5-6H2,1H3. The van der Waals surface area contributed by atoms with Crippen LogP contribution in [-0.2, 0) is 13.1 Å². The molecule has 1 saturated carbocycles. The lowest BCUT2D eigenvalue weighted by atomic mass is 10.2. The third-order valence-corrected chi connectivity index (χ3v) is 2.96. The van der Waals surface area contributed by atoms with Gasteiger partial charge in [0.25, 0.3) is 0 Å². The fourth-order valence-electron chi connectivity index (χ4n) is 2.13. The molecular formula is C10H12N4. The van der Waals surface area contributed by atoms with Gasteiger partial charge in [-0.2, -0.15) is 10.4 Å². The molecule has 0 bridgehead atoms. The van der Waals surface area contributed by atoms with E-state index in [1.165, 1.54) is 18.5 Å². The third-order valence-electron chi connectivity index (χ3n) is 2.96. The van der Waals surface area contributed by atoms with Crippen LogP contribution >= 0.6 is 0 Å². The van der Waals surface area contributed by atoms with Crippen LogP contribution in [0.3, 0.4) is 0 Å². The molecule has 1 aromatic heterocycles. The summed E-state index contributed by atoms with van der Waals surface area (Å²) in [7, 11) is 2.08. The van der Waals surface area contributed by atoms with Crippen molar-refractivity contribution in [2.75, 3.05) is 7.05 Å². The molecule has 1 aliphatic carbocycles. The second kappa shape index (κ2) is 2.58. The molecule has 4 nitrogen and oxygen atoms in total. The van der Waals surface area contributed by atoms with Crippen molar-refractivity contribution in [3.63, 3.8) is 0 Å². The van der Waals surface area contributed by atoms with Crippen molar-refractivity contribution in [2.24, 2.45) is 0 Å². The average molecular weight is 188 g/mol. The van der Waals surface area contributed by atoms with Gasteiger partial charge in [-0.05, 0) is 19.9 Å². The van der Waals surface area contributed by atoms with E-state index in [-0.39, 0.29) is 0 Å². The third kappa shape index (κ3) is 0.992. The van der Waals surface area contributed by atoms with Gasteiger partial charge in [0, 0.05) is 18.7 Å². The molecule has 0 unspecified atom stereocenters. The average Bonchev–Trinajstić information content (AvgIpc) is 2.84. The van der Waals surface area contributed by atoms with Crippen LogP contribution in [0.15, 0.2) is 0 Å². The van der Waals surface area contributed by atoms with Crippen molar-refractivity contribution in [1.82, 2.24) is 14.7 Å². The minimum atomic E-state index is 0.581. The molecule has 4 heteroatoms. The molecule has 72 valence electrons. The number of fused-ring (bicyclic) bond motifs is 1. The summed E-state index contributed by atoms with van der Waals surface area (Å²) in [5, 5.41) is 13.3. The second-order valence-corrected chi connectivity index (χ2v) is 4.23. The summed E-state index contributed by atoms with van der Waals surface area (Å²) in [6, 6.07) is 2.77.